The minimum atomic E-state index is -4.27. The van der Waals surface area contributed by atoms with Crippen LogP contribution in [-0.4, -0.2) is 43.4 Å². The van der Waals surface area contributed by atoms with Gasteiger partial charge in [0.1, 0.15) is 6.54 Å². The summed E-state index contributed by atoms with van der Waals surface area (Å²) in [6, 6.07) is 4.64. The summed E-state index contributed by atoms with van der Waals surface area (Å²) in [6.07, 6.45) is 0. The zero-order valence-corrected chi connectivity index (χ0v) is 11.3. The Labute approximate surface area is 119 Å². The number of sulfonamides is 1. The molecule has 21 heavy (non-hydrogen) atoms. The van der Waals surface area contributed by atoms with Crippen LogP contribution in [0.3, 0.4) is 0 Å². The molecule has 1 aromatic rings. The van der Waals surface area contributed by atoms with Gasteiger partial charge in [-0.05, 0) is 6.07 Å². The largest absolute Gasteiger partial charge is 0.480 e. The fraction of sp³-hybridized carbons (Fsp3) is 0.200. The van der Waals surface area contributed by atoms with Gasteiger partial charge in [-0.25, -0.2) is 13.1 Å². The first-order chi connectivity index (χ1) is 9.74. The number of carbonyl (C=O) groups is 2. The van der Waals surface area contributed by atoms with Gasteiger partial charge in [-0.2, -0.15) is 0 Å². The van der Waals surface area contributed by atoms with E-state index in [2.05, 4.69) is 0 Å². The molecule has 0 aromatic heterocycles. The maximum Gasteiger partial charge on any atom is 0.322 e. The molecule has 0 aliphatic rings. The highest BCUT2D eigenvalue weighted by Gasteiger charge is 2.25. The smallest absolute Gasteiger partial charge is 0.322 e. The highest BCUT2D eigenvalue weighted by molar-refractivity contribution is 7.89. The van der Waals surface area contributed by atoms with Crippen LogP contribution in [0.25, 0.3) is 0 Å². The van der Waals surface area contributed by atoms with E-state index >= 15 is 0 Å². The van der Waals surface area contributed by atoms with Crippen LogP contribution in [0.2, 0.25) is 0 Å². The molecule has 0 saturated heterocycles. The van der Waals surface area contributed by atoms with Crippen molar-refractivity contribution >= 4 is 27.6 Å². The van der Waals surface area contributed by atoms with E-state index in [0.29, 0.717) is 0 Å². The molecule has 3 N–H and O–H groups in total. The molecule has 0 spiro atoms. The Morgan fingerprint density at radius 3 is 2.43 bits per heavy atom. The number of hydrogen-bond acceptors (Lipinski definition) is 6. The highest BCUT2D eigenvalue weighted by Crippen LogP contribution is 2.22. The van der Waals surface area contributed by atoms with Gasteiger partial charge >= 0.3 is 5.97 Å². The lowest BCUT2D eigenvalue weighted by atomic mass is 10.3. The average Bonchev–Trinajstić information content (AvgIpc) is 2.43. The molecule has 1 aromatic carbocycles. The summed E-state index contributed by atoms with van der Waals surface area (Å²) in [7, 11) is -4.27. The van der Waals surface area contributed by atoms with Gasteiger partial charge in [-0.3, -0.25) is 19.7 Å². The van der Waals surface area contributed by atoms with E-state index in [1.54, 1.807) is 0 Å². The van der Waals surface area contributed by atoms with Gasteiger partial charge < -0.3 is 10.4 Å². The first-order valence-corrected chi connectivity index (χ1v) is 6.94. The summed E-state index contributed by atoms with van der Waals surface area (Å²) in [5.74, 6) is -2.16. The SMILES string of the molecule is O=C(O)CNC(=O)CNS(=O)(=O)c1ccccc1[N+](=O)[O-]. The molecule has 1 amide bonds. The second-order valence-corrected chi connectivity index (χ2v) is 5.46. The lowest BCUT2D eigenvalue weighted by Crippen LogP contribution is -2.39. The summed E-state index contributed by atoms with van der Waals surface area (Å²) in [5.41, 5.74) is -0.629. The van der Waals surface area contributed by atoms with Crippen LogP contribution >= 0.6 is 0 Å². The molecule has 0 aliphatic carbocycles. The Morgan fingerprint density at radius 1 is 1.24 bits per heavy atom. The first-order valence-electron chi connectivity index (χ1n) is 5.45. The van der Waals surface area contributed by atoms with E-state index in [1.165, 1.54) is 12.1 Å². The average molecular weight is 317 g/mol. The second-order valence-electron chi connectivity index (χ2n) is 3.72. The molecule has 1 rings (SSSR count). The Kier molecular flexibility index (Phi) is 5.32. The van der Waals surface area contributed by atoms with E-state index in [1.807, 2.05) is 10.0 Å². The van der Waals surface area contributed by atoms with Gasteiger partial charge in [-0.1, -0.05) is 12.1 Å². The fourth-order valence-corrected chi connectivity index (χ4v) is 2.46. The standard InChI is InChI=1S/C10H11N3O7S/c14-9(11-6-10(15)16)5-12-21(19,20)8-4-2-1-3-7(8)13(17)18/h1-4,12H,5-6H2,(H,11,14)(H,15,16). The molecular weight excluding hydrogens is 306 g/mol. The number of carboxylic acids is 1. The minimum absolute atomic E-state index is 0.582. The van der Waals surface area contributed by atoms with Crippen LogP contribution in [0.5, 0.6) is 0 Å². The van der Waals surface area contributed by atoms with Crippen molar-refractivity contribution in [1.29, 1.82) is 0 Å². The first kappa shape index (κ1) is 16.5. The van der Waals surface area contributed by atoms with Gasteiger partial charge in [0.25, 0.3) is 5.69 Å². The maximum atomic E-state index is 11.9. The van der Waals surface area contributed by atoms with Crippen molar-refractivity contribution in [3.8, 4) is 0 Å². The third-order valence-electron chi connectivity index (χ3n) is 2.21. The van der Waals surface area contributed by atoms with Crippen LogP contribution < -0.4 is 10.0 Å². The Hall–Kier alpha value is -2.53. The fourth-order valence-electron chi connectivity index (χ4n) is 1.31. The van der Waals surface area contributed by atoms with Crippen molar-refractivity contribution in [3.63, 3.8) is 0 Å². The quantitative estimate of drug-likeness (QED) is 0.433. The normalized spacial score (nSPS) is 10.9. The molecule has 0 fully saturated rings. The van der Waals surface area contributed by atoms with Crippen LogP contribution in [0.1, 0.15) is 0 Å². The van der Waals surface area contributed by atoms with Crippen LogP contribution in [-0.2, 0) is 19.6 Å². The highest BCUT2D eigenvalue weighted by atomic mass is 32.2. The number of nitrogens with zero attached hydrogens (tertiary/aromatic N) is 1. The van der Waals surface area contributed by atoms with Crippen molar-refractivity contribution in [1.82, 2.24) is 10.0 Å². The van der Waals surface area contributed by atoms with Gasteiger partial charge in [0, 0.05) is 6.07 Å². The summed E-state index contributed by atoms with van der Waals surface area (Å²) >= 11 is 0. The van der Waals surface area contributed by atoms with E-state index in [-0.39, 0.29) is 0 Å². The molecule has 0 unspecified atom stereocenters. The number of carbonyl (C=O) groups excluding carboxylic acids is 1. The number of aliphatic carboxylic acids is 1. The van der Waals surface area contributed by atoms with Crippen LogP contribution in [0.4, 0.5) is 5.69 Å². The predicted octanol–water partition coefficient (Wildman–Crippen LogP) is -0.926. The number of benzene rings is 1. The van der Waals surface area contributed by atoms with E-state index < -0.39 is 50.5 Å². The molecule has 10 nitrogen and oxygen atoms in total. The molecule has 0 radical (unpaired) electrons. The van der Waals surface area contributed by atoms with Gasteiger partial charge in [-0.15, -0.1) is 0 Å². The molecule has 0 atom stereocenters. The Balaban J connectivity index is 2.81. The number of amides is 1. The number of para-hydroxylation sites is 1. The topological polar surface area (TPSA) is 156 Å². The van der Waals surface area contributed by atoms with Crippen molar-refractivity contribution in [2.75, 3.05) is 13.1 Å². The third kappa shape index (κ3) is 4.81. The number of hydrogen-bond donors (Lipinski definition) is 3. The third-order valence-corrected chi connectivity index (χ3v) is 3.66. The van der Waals surface area contributed by atoms with Gasteiger partial charge in [0.05, 0.1) is 11.5 Å². The number of nitrogens with one attached hydrogen (secondary N) is 2. The molecule has 11 heteroatoms. The Bertz CT molecular complexity index is 671. The predicted molar refractivity (Wildman–Crippen MR) is 68.9 cm³/mol. The summed E-state index contributed by atoms with van der Waals surface area (Å²) < 4.78 is 25.6. The number of rotatable bonds is 7. The maximum absolute atomic E-state index is 11.9. The zero-order chi connectivity index (χ0) is 16.0. The van der Waals surface area contributed by atoms with Gasteiger partial charge in [0.2, 0.25) is 15.9 Å². The minimum Gasteiger partial charge on any atom is -0.480 e. The zero-order valence-electron chi connectivity index (χ0n) is 10.5. The van der Waals surface area contributed by atoms with Crippen molar-refractivity contribution in [2.24, 2.45) is 0 Å². The second kappa shape index (κ2) is 6.76. The van der Waals surface area contributed by atoms with E-state index in [4.69, 9.17) is 5.11 Å². The Morgan fingerprint density at radius 2 is 1.86 bits per heavy atom. The van der Waals surface area contributed by atoms with Crippen LogP contribution in [0, 0.1) is 10.1 Å². The molecule has 114 valence electrons. The summed E-state index contributed by atoms with van der Waals surface area (Å²) in [6.45, 7) is -1.40. The van der Waals surface area contributed by atoms with Crippen LogP contribution in [0.15, 0.2) is 29.2 Å². The molecular formula is C10H11N3O7S. The van der Waals surface area contributed by atoms with E-state index in [0.717, 1.165) is 12.1 Å². The van der Waals surface area contributed by atoms with Crippen molar-refractivity contribution < 1.29 is 28.0 Å². The molecule has 0 heterocycles. The van der Waals surface area contributed by atoms with Crippen molar-refractivity contribution in [2.45, 2.75) is 4.90 Å². The lowest BCUT2D eigenvalue weighted by Gasteiger charge is -2.07. The monoisotopic (exact) mass is 317 g/mol. The number of nitro groups is 1. The summed E-state index contributed by atoms with van der Waals surface area (Å²) in [4.78, 5) is 30.7. The molecule has 0 aliphatic heterocycles. The molecule has 0 saturated carbocycles. The number of carboxylic acid groups (broad SMARTS) is 1. The number of nitro benzene ring substituents is 1. The lowest BCUT2D eigenvalue weighted by molar-refractivity contribution is -0.387. The summed E-state index contributed by atoms with van der Waals surface area (Å²) in [5, 5.41) is 21.0. The van der Waals surface area contributed by atoms with E-state index in [9.17, 15) is 28.1 Å². The van der Waals surface area contributed by atoms with Gasteiger partial charge in [0.15, 0.2) is 4.90 Å². The van der Waals surface area contributed by atoms with Crippen molar-refractivity contribution in [3.05, 3.63) is 34.4 Å². The molecule has 0 bridgehead atoms.